The summed E-state index contributed by atoms with van der Waals surface area (Å²) < 4.78 is 5.71. The molecule has 0 radical (unpaired) electrons. The zero-order valence-corrected chi connectivity index (χ0v) is 10.3. The summed E-state index contributed by atoms with van der Waals surface area (Å²) in [6, 6.07) is 9.17. The van der Waals surface area contributed by atoms with Crippen molar-refractivity contribution < 1.29 is 4.74 Å². The van der Waals surface area contributed by atoms with Crippen molar-refractivity contribution in [3.05, 3.63) is 35.4 Å². The number of nitrogens with one attached hydrogen (secondary N) is 1. The first-order valence-electron chi connectivity index (χ1n) is 6.85. The van der Waals surface area contributed by atoms with E-state index in [2.05, 4.69) is 29.6 Å². The maximum atomic E-state index is 5.71. The Morgan fingerprint density at radius 1 is 0.941 bits per heavy atom. The van der Waals surface area contributed by atoms with Crippen LogP contribution in [0.5, 0.6) is 0 Å². The summed E-state index contributed by atoms with van der Waals surface area (Å²) in [4.78, 5) is 0. The molecule has 92 valence electrons. The van der Waals surface area contributed by atoms with Crippen molar-refractivity contribution in [2.75, 3.05) is 19.7 Å². The van der Waals surface area contributed by atoms with Crippen molar-refractivity contribution in [2.24, 2.45) is 0 Å². The zero-order valence-electron chi connectivity index (χ0n) is 10.3. The van der Waals surface area contributed by atoms with E-state index in [0.717, 1.165) is 25.6 Å². The van der Waals surface area contributed by atoms with E-state index in [1.54, 1.807) is 0 Å². The molecule has 1 atom stereocenters. The molecule has 0 bridgehead atoms. The Morgan fingerprint density at radius 2 is 1.65 bits per heavy atom. The standard InChI is InChI=1S/C15H21NO/c1-2-15(17-11-1)14-5-3-12(4-6-14)13-7-9-16-10-8-13/h3-6,13,15-16H,1-2,7-11H2. The SMILES string of the molecule is c1cc(C2CCCO2)ccc1C1CCNCC1. The van der Waals surface area contributed by atoms with Gasteiger partial charge in [-0.2, -0.15) is 0 Å². The van der Waals surface area contributed by atoms with Gasteiger partial charge in [-0.25, -0.2) is 0 Å². The van der Waals surface area contributed by atoms with Crippen LogP contribution in [0.15, 0.2) is 24.3 Å². The highest BCUT2D eigenvalue weighted by Crippen LogP contribution is 2.31. The quantitative estimate of drug-likeness (QED) is 0.845. The number of hydrogen-bond donors (Lipinski definition) is 1. The molecule has 1 aromatic carbocycles. The Balaban J connectivity index is 1.70. The summed E-state index contributed by atoms with van der Waals surface area (Å²) in [6.07, 6.45) is 5.31. The first-order valence-corrected chi connectivity index (χ1v) is 6.85. The van der Waals surface area contributed by atoms with E-state index in [1.165, 1.54) is 36.8 Å². The van der Waals surface area contributed by atoms with Gasteiger partial charge in [0.15, 0.2) is 0 Å². The van der Waals surface area contributed by atoms with Gasteiger partial charge in [0.25, 0.3) is 0 Å². The van der Waals surface area contributed by atoms with Gasteiger partial charge in [0.1, 0.15) is 0 Å². The van der Waals surface area contributed by atoms with Crippen LogP contribution in [0, 0.1) is 0 Å². The molecular formula is C15H21NO. The lowest BCUT2D eigenvalue weighted by Crippen LogP contribution is -2.26. The van der Waals surface area contributed by atoms with Crippen LogP contribution in [-0.2, 0) is 4.74 Å². The number of ether oxygens (including phenoxy) is 1. The molecule has 0 amide bonds. The maximum Gasteiger partial charge on any atom is 0.0825 e. The fraction of sp³-hybridized carbons (Fsp3) is 0.600. The summed E-state index contributed by atoms with van der Waals surface area (Å²) in [7, 11) is 0. The Hall–Kier alpha value is -0.860. The van der Waals surface area contributed by atoms with Gasteiger partial charge in [0, 0.05) is 6.61 Å². The molecule has 2 nitrogen and oxygen atoms in total. The largest absolute Gasteiger partial charge is 0.374 e. The molecule has 2 fully saturated rings. The van der Waals surface area contributed by atoms with Crippen molar-refractivity contribution in [3.8, 4) is 0 Å². The summed E-state index contributed by atoms with van der Waals surface area (Å²) in [5.41, 5.74) is 2.87. The third kappa shape index (κ3) is 2.53. The average molecular weight is 231 g/mol. The minimum Gasteiger partial charge on any atom is -0.374 e. The van der Waals surface area contributed by atoms with Crippen LogP contribution in [0.4, 0.5) is 0 Å². The van der Waals surface area contributed by atoms with Gasteiger partial charge >= 0.3 is 0 Å². The van der Waals surface area contributed by atoms with Crippen LogP contribution in [0.2, 0.25) is 0 Å². The van der Waals surface area contributed by atoms with Crippen molar-refractivity contribution in [2.45, 2.75) is 37.7 Å². The highest BCUT2D eigenvalue weighted by atomic mass is 16.5. The van der Waals surface area contributed by atoms with Gasteiger partial charge in [-0.15, -0.1) is 0 Å². The molecule has 0 spiro atoms. The Bertz CT molecular complexity index is 348. The predicted molar refractivity (Wildman–Crippen MR) is 69.2 cm³/mol. The molecule has 17 heavy (non-hydrogen) atoms. The van der Waals surface area contributed by atoms with E-state index in [9.17, 15) is 0 Å². The molecule has 1 unspecified atom stereocenters. The molecule has 1 aromatic rings. The summed E-state index contributed by atoms with van der Waals surface area (Å²) in [5, 5.41) is 3.42. The third-order valence-electron chi connectivity index (χ3n) is 4.05. The van der Waals surface area contributed by atoms with E-state index < -0.39 is 0 Å². The van der Waals surface area contributed by atoms with Crippen LogP contribution < -0.4 is 5.32 Å². The molecular weight excluding hydrogens is 210 g/mol. The van der Waals surface area contributed by atoms with Crippen LogP contribution >= 0.6 is 0 Å². The lowest BCUT2D eigenvalue weighted by Gasteiger charge is -2.23. The van der Waals surface area contributed by atoms with E-state index in [1.807, 2.05) is 0 Å². The van der Waals surface area contributed by atoms with Crippen molar-refractivity contribution >= 4 is 0 Å². The van der Waals surface area contributed by atoms with Gasteiger partial charge in [-0.1, -0.05) is 24.3 Å². The second-order valence-corrected chi connectivity index (χ2v) is 5.19. The van der Waals surface area contributed by atoms with E-state index >= 15 is 0 Å². The minimum atomic E-state index is 0.358. The van der Waals surface area contributed by atoms with E-state index in [-0.39, 0.29) is 0 Å². The molecule has 2 heterocycles. The first-order chi connectivity index (χ1) is 8.43. The normalized spacial score (nSPS) is 26.2. The highest BCUT2D eigenvalue weighted by molar-refractivity contribution is 5.27. The summed E-state index contributed by atoms with van der Waals surface area (Å²) in [5.74, 6) is 0.759. The van der Waals surface area contributed by atoms with Crippen LogP contribution in [0.25, 0.3) is 0 Å². The van der Waals surface area contributed by atoms with Crippen molar-refractivity contribution in [1.82, 2.24) is 5.32 Å². The molecule has 3 rings (SSSR count). The molecule has 0 aliphatic carbocycles. The van der Waals surface area contributed by atoms with Crippen molar-refractivity contribution in [3.63, 3.8) is 0 Å². The van der Waals surface area contributed by atoms with Gasteiger partial charge in [0.2, 0.25) is 0 Å². The lowest BCUT2D eigenvalue weighted by atomic mass is 9.89. The van der Waals surface area contributed by atoms with E-state index in [4.69, 9.17) is 4.74 Å². The van der Waals surface area contributed by atoms with Crippen LogP contribution in [0.3, 0.4) is 0 Å². The van der Waals surface area contributed by atoms with Crippen LogP contribution in [-0.4, -0.2) is 19.7 Å². The molecule has 2 aliphatic rings. The average Bonchev–Trinajstić information content (AvgIpc) is 2.94. The first kappa shape index (κ1) is 11.2. The Labute approximate surface area is 103 Å². The fourth-order valence-corrected chi connectivity index (χ4v) is 2.98. The summed E-state index contributed by atoms with van der Waals surface area (Å²) in [6.45, 7) is 3.26. The number of benzene rings is 1. The third-order valence-corrected chi connectivity index (χ3v) is 4.05. The molecule has 1 N–H and O–H groups in total. The monoisotopic (exact) mass is 231 g/mol. The highest BCUT2D eigenvalue weighted by Gasteiger charge is 2.19. The molecule has 2 saturated heterocycles. The molecule has 2 heteroatoms. The van der Waals surface area contributed by atoms with Gasteiger partial charge in [-0.05, 0) is 55.8 Å². The van der Waals surface area contributed by atoms with Crippen LogP contribution in [0.1, 0.15) is 48.8 Å². The number of rotatable bonds is 2. The van der Waals surface area contributed by atoms with Gasteiger partial charge < -0.3 is 10.1 Å². The predicted octanol–water partition coefficient (Wildman–Crippen LogP) is 3.01. The molecule has 2 aliphatic heterocycles. The van der Waals surface area contributed by atoms with Gasteiger partial charge in [0.05, 0.1) is 6.10 Å². The summed E-state index contributed by atoms with van der Waals surface area (Å²) >= 11 is 0. The maximum absolute atomic E-state index is 5.71. The van der Waals surface area contributed by atoms with E-state index in [0.29, 0.717) is 6.10 Å². The molecule has 0 saturated carbocycles. The minimum absolute atomic E-state index is 0.358. The van der Waals surface area contributed by atoms with Gasteiger partial charge in [-0.3, -0.25) is 0 Å². The smallest absolute Gasteiger partial charge is 0.0825 e. The lowest BCUT2D eigenvalue weighted by molar-refractivity contribution is 0.112. The Morgan fingerprint density at radius 3 is 2.29 bits per heavy atom. The Kier molecular flexibility index (Phi) is 3.44. The molecule has 0 aromatic heterocycles. The second kappa shape index (κ2) is 5.19. The topological polar surface area (TPSA) is 21.3 Å². The second-order valence-electron chi connectivity index (χ2n) is 5.19. The van der Waals surface area contributed by atoms with Crippen molar-refractivity contribution in [1.29, 1.82) is 0 Å². The zero-order chi connectivity index (χ0) is 11.5. The number of piperidine rings is 1. The fourth-order valence-electron chi connectivity index (χ4n) is 2.98. The number of hydrogen-bond acceptors (Lipinski definition) is 2.